The summed E-state index contributed by atoms with van der Waals surface area (Å²) < 4.78 is 10.5. The van der Waals surface area contributed by atoms with Gasteiger partial charge in [0.15, 0.2) is 11.5 Å². The normalized spacial score (nSPS) is 13.8. The number of nitrogens with one attached hydrogen (secondary N) is 2. The summed E-state index contributed by atoms with van der Waals surface area (Å²) in [6.45, 7) is 3.83. The molecule has 150 valence electrons. The first-order valence-corrected chi connectivity index (χ1v) is 9.30. The molecule has 1 heterocycles. The zero-order chi connectivity index (χ0) is 20.6. The van der Waals surface area contributed by atoms with Gasteiger partial charge in [-0.1, -0.05) is 50.3 Å². The third-order valence-electron chi connectivity index (χ3n) is 4.29. The van der Waals surface area contributed by atoms with E-state index in [0.717, 1.165) is 5.56 Å². The van der Waals surface area contributed by atoms with E-state index < -0.39 is 11.9 Å². The van der Waals surface area contributed by atoms with Crippen LogP contribution in [0.25, 0.3) is 6.08 Å². The summed E-state index contributed by atoms with van der Waals surface area (Å²) in [5.74, 6) is 0.224. The van der Waals surface area contributed by atoms with Crippen LogP contribution in [-0.4, -0.2) is 30.9 Å². The van der Waals surface area contributed by atoms with Crippen molar-refractivity contribution in [3.63, 3.8) is 0 Å². The third kappa shape index (κ3) is 5.44. The number of benzene rings is 2. The predicted octanol–water partition coefficient (Wildman–Crippen LogP) is 2.99. The highest BCUT2D eigenvalue weighted by atomic mass is 16.7. The van der Waals surface area contributed by atoms with Gasteiger partial charge in [0.25, 0.3) is 11.8 Å². The Hall–Kier alpha value is -3.61. The fraction of sp³-hybridized carbons (Fsp3) is 0.227. The molecule has 2 N–H and O–H groups in total. The fourth-order valence-corrected chi connectivity index (χ4v) is 2.73. The number of allylic oxidation sites excluding steroid dienone is 1. The van der Waals surface area contributed by atoms with Crippen molar-refractivity contribution in [1.29, 1.82) is 0 Å². The fourth-order valence-electron chi connectivity index (χ4n) is 2.73. The summed E-state index contributed by atoms with van der Waals surface area (Å²) in [4.78, 5) is 25.0. The van der Waals surface area contributed by atoms with Crippen molar-refractivity contribution in [2.24, 2.45) is 11.0 Å². The van der Waals surface area contributed by atoms with Crippen LogP contribution < -0.4 is 20.2 Å². The number of fused-ring (bicyclic) bond motifs is 1. The minimum absolute atomic E-state index is 0.122. The van der Waals surface area contributed by atoms with E-state index in [4.69, 9.17) is 9.47 Å². The van der Waals surface area contributed by atoms with Crippen molar-refractivity contribution >= 4 is 24.1 Å². The van der Waals surface area contributed by atoms with Crippen molar-refractivity contribution in [3.05, 3.63) is 65.7 Å². The summed E-state index contributed by atoms with van der Waals surface area (Å²) in [7, 11) is 0. The molecule has 0 saturated carbocycles. The van der Waals surface area contributed by atoms with Crippen molar-refractivity contribution in [1.82, 2.24) is 10.7 Å². The second kappa shape index (κ2) is 9.54. The lowest BCUT2D eigenvalue weighted by molar-refractivity contribution is -0.123. The molecular formula is C22H23N3O4. The predicted molar refractivity (Wildman–Crippen MR) is 111 cm³/mol. The van der Waals surface area contributed by atoms with Gasteiger partial charge in [0.05, 0.1) is 0 Å². The Morgan fingerprint density at radius 2 is 1.83 bits per heavy atom. The van der Waals surface area contributed by atoms with Gasteiger partial charge in [0.2, 0.25) is 6.79 Å². The molecule has 0 radical (unpaired) electrons. The molecule has 0 spiro atoms. The molecule has 0 aromatic heterocycles. The Labute approximate surface area is 169 Å². The van der Waals surface area contributed by atoms with Crippen LogP contribution in [0.3, 0.4) is 0 Å². The second-order valence-electron chi connectivity index (χ2n) is 6.79. The van der Waals surface area contributed by atoms with Crippen LogP contribution in [0.5, 0.6) is 11.5 Å². The van der Waals surface area contributed by atoms with Gasteiger partial charge >= 0.3 is 0 Å². The molecule has 0 fully saturated rings. The highest BCUT2D eigenvalue weighted by Crippen LogP contribution is 2.32. The third-order valence-corrected chi connectivity index (χ3v) is 4.29. The smallest absolute Gasteiger partial charge is 0.262 e. The molecule has 2 amide bonds. The van der Waals surface area contributed by atoms with Crippen LogP contribution in [0.4, 0.5) is 0 Å². The van der Waals surface area contributed by atoms with Crippen LogP contribution in [0.1, 0.15) is 29.8 Å². The van der Waals surface area contributed by atoms with E-state index in [1.54, 1.807) is 24.3 Å². The standard InChI is InChI=1S/C22H23N3O4/c1-15(2)20(22(27)25-23-12-6-9-16-7-4-3-5-8-16)24-21(26)17-10-11-18-19(13-17)29-14-28-18/h3-13,15,20H,14H2,1-2H3,(H,24,26)(H,25,27)/b9-6+,23-12+. The van der Waals surface area contributed by atoms with Crippen LogP contribution >= 0.6 is 0 Å². The monoisotopic (exact) mass is 393 g/mol. The molecule has 2 aromatic rings. The molecule has 2 aromatic carbocycles. The maximum Gasteiger partial charge on any atom is 0.262 e. The van der Waals surface area contributed by atoms with Crippen molar-refractivity contribution in [2.75, 3.05) is 6.79 Å². The molecular weight excluding hydrogens is 370 g/mol. The molecule has 1 unspecified atom stereocenters. The zero-order valence-corrected chi connectivity index (χ0v) is 16.3. The number of carbonyl (C=O) groups is 2. The number of nitrogens with zero attached hydrogens (tertiary/aromatic N) is 1. The molecule has 0 saturated heterocycles. The van der Waals surface area contributed by atoms with Crippen LogP contribution in [0.15, 0.2) is 59.7 Å². The lowest BCUT2D eigenvalue weighted by Crippen LogP contribution is -2.48. The van der Waals surface area contributed by atoms with Gasteiger partial charge in [-0.05, 0) is 35.8 Å². The first-order valence-electron chi connectivity index (χ1n) is 9.30. The van der Waals surface area contributed by atoms with Gasteiger partial charge in [-0.25, -0.2) is 5.43 Å². The lowest BCUT2D eigenvalue weighted by atomic mass is 10.0. The summed E-state index contributed by atoms with van der Waals surface area (Å²) in [5.41, 5.74) is 3.89. The van der Waals surface area contributed by atoms with E-state index in [-0.39, 0.29) is 18.6 Å². The Morgan fingerprint density at radius 1 is 1.07 bits per heavy atom. The summed E-state index contributed by atoms with van der Waals surface area (Å²) in [6, 6.07) is 13.9. The van der Waals surface area contributed by atoms with E-state index in [9.17, 15) is 9.59 Å². The second-order valence-corrected chi connectivity index (χ2v) is 6.79. The first-order chi connectivity index (χ1) is 14.0. The van der Waals surface area contributed by atoms with Crippen molar-refractivity contribution < 1.29 is 19.1 Å². The van der Waals surface area contributed by atoms with Crippen molar-refractivity contribution in [2.45, 2.75) is 19.9 Å². The topological polar surface area (TPSA) is 89.0 Å². The number of carbonyl (C=O) groups excluding carboxylic acids is 2. The number of ether oxygens (including phenoxy) is 2. The maximum atomic E-state index is 12.6. The Morgan fingerprint density at radius 3 is 2.59 bits per heavy atom. The van der Waals surface area contributed by atoms with Gasteiger partial charge in [0, 0.05) is 11.8 Å². The van der Waals surface area contributed by atoms with Crippen molar-refractivity contribution in [3.8, 4) is 11.5 Å². The minimum atomic E-state index is -0.733. The molecule has 1 aliphatic rings. The number of amides is 2. The highest BCUT2D eigenvalue weighted by molar-refractivity contribution is 5.98. The van der Waals surface area contributed by atoms with Gasteiger partial charge in [-0.3, -0.25) is 9.59 Å². The van der Waals surface area contributed by atoms with Gasteiger partial charge in [0.1, 0.15) is 6.04 Å². The molecule has 0 bridgehead atoms. The largest absolute Gasteiger partial charge is 0.454 e. The van der Waals surface area contributed by atoms with E-state index >= 15 is 0 Å². The molecule has 0 aliphatic carbocycles. The zero-order valence-electron chi connectivity index (χ0n) is 16.3. The minimum Gasteiger partial charge on any atom is -0.454 e. The van der Waals surface area contributed by atoms with E-state index in [2.05, 4.69) is 15.8 Å². The average molecular weight is 393 g/mol. The van der Waals surface area contributed by atoms with Crippen LogP contribution in [-0.2, 0) is 4.79 Å². The van der Waals surface area contributed by atoms with Crippen LogP contribution in [0.2, 0.25) is 0 Å². The van der Waals surface area contributed by atoms with Gasteiger partial charge in [-0.15, -0.1) is 0 Å². The molecule has 1 atom stereocenters. The Bertz CT molecular complexity index is 923. The molecule has 29 heavy (non-hydrogen) atoms. The summed E-state index contributed by atoms with van der Waals surface area (Å²) in [6.07, 6.45) is 5.09. The maximum absolute atomic E-state index is 12.6. The number of rotatable bonds is 7. The number of hydrazone groups is 1. The van der Waals surface area contributed by atoms with Gasteiger partial charge in [-0.2, -0.15) is 5.10 Å². The molecule has 3 rings (SSSR count). The average Bonchev–Trinajstić information content (AvgIpc) is 3.19. The SMILES string of the molecule is CC(C)C(NC(=O)c1ccc2c(c1)OCO2)C(=O)N/N=C/C=C/c1ccccc1. The van der Waals surface area contributed by atoms with E-state index in [0.29, 0.717) is 17.1 Å². The Kier molecular flexibility index (Phi) is 6.63. The number of hydrogen-bond donors (Lipinski definition) is 2. The van der Waals surface area contributed by atoms with E-state index in [1.165, 1.54) is 6.21 Å². The summed E-state index contributed by atoms with van der Waals surface area (Å²) in [5, 5.41) is 6.67. The molecule has 7 nitrogen and oxygen atoms in total. The first kappa shape index (κ1) is 20.1. The van der Waals surface area contributed by atoms with Gasteiger partial charge < -0.3 is 14.8 Å². The Balaban J connectivity index is 1.57. The lowest BCUT2D eigenvalue weighted by Gasteiger charge is -2.20. The van der Waals surface area contributed by atoms with E-state index in [1.807, 2.05) is 50.3 Å². The quantitative estimate of drug-likeness (QED) is 0.559. The summed E-state index contributed by atoms with van der Waals surface area (Å²) >= 11 is 0. The number of hydrogen-bond acceptors (Lipinski definition) is 5. The molecule has 7 heteroatoms. The highest BCUT2D eigenvalue weighted by Gasteiger charge is 2.25. The molecule has 1 aliphatic heterocycles. The van der Waals surface area contributed by atoms with Crippen LogP contribution in [0, 0.1) is 5.92 Å².